The van der Waals surface area contributed by atoms with E-state index in [4.69, 9.17) is 9.15 Å². The van der Waals surface area contributed by atoms with Crippen LogP contribution >= 0.6 is 0 Å². The van der Waals surface area contributed by atoms with E-state index in [0.29, 0.717) is 29.2 Å². The lowest BCUT2D eigenvalue weighted by Crippen LogP contribution is -2.05. The van der Waals surface area contributed by atoms with Crippen molar-refractivity contribution in [2.45, 2.75) is 0 Å². The number of methoxy groups -OCH3 is 1. The van der Waals surface area contributed by atoms with Gasteiger partial charge in [-0.25, -0.2) is 4.98 Å². The fraction of sp³-hybridized carbons (Fsp3) is 0.100. The van der Waals surface area contributed by atoms with Crippen LogP contribution in [0, 0.1) is 0 Å². The molecule has 2 aromatic carbocycles. The molecule has 0 bridgehead atoms. The summed E-state index contributed by atoms with van der Waals surface area (Å²) in [6, 6.07) is 15.4. The fourth-order valence-corrected chi connectivity index (χ4v) is 2.72. The molecule has 28 heavy (non-hydrogen) atoms. The van der Waals surface area contributed by atoms with Crippen molar-refractivity contribution in [3.63, 3.8) is 0 Å². The first-order valence-corrected chi connectivity index (χ1v) is 8.59. The highest BCUT2D eigenvalue weighted by Gasteiger charge is 2.12. The van der Waals surface area contributed by atoms with Crippen molar-refractivity contribution in [2.24, 2.45) is 0 Å². The van der Waals surface area contributed by atoms with Crippen LogP contribution in [0.3, 0.4) is 0 Å². The van der Waals surface area contributed by atoms with Gasteiger partial charge in [0.05, 0.1) is 7.11 Å². The van der Waals surface area contributed by atoms with E-state index in [1.54, 1.807) is 20.4 Å². The summed E-state index contributed by atoms with van der Waals surface area (Å²) in [4.78, 5) is 17.5. The lowest BCUT2D eigenvalue weighted by molar-refractivity contribution is 0.416. The lowest BCUT2D eigenvalue weighted by atomic mass is 10.1. The minimum atomic E-state index is 0.425. The maximum Gasteiger partial charge on any atom is 0.232 e. The molecule has 0 fully saturated rings. The molecule has 0 saturated heterocycles. The zero-order valence-electron chi connectivity index (χ0n) is 15.4. The fourth-order valence-electron chi connectivity index (χ4n) is 2.72. The van der Waals surface area contributed by atoms with Crippen LogP contribution < -0.4 is 15.4 Å². The minimum Gasteiger partial charge on any atom is -0.496 e. The quantitative estimate of drug-likeness (QED) is 0.523. The summed E-state index contributed by atoms with van der Waals surface area (Å²) in [5.74, 6) is 2.13. The Morgan fingerprint density at radius 2 is 1.79 bits per heavy atom. The van der Waals surface area contributed by atoms with E-state index >= 15 is 0 Å². The van der Waals surface area contributed by atoms with E-state index in [-0.39, 0.29) is 0 Å². The Kier molecular flexibility index (Phi) is 4.83. The molecule has 4 rings (SSSR count). The molecule has 0 spiro atoms. The van der Waals surface area contributed by atoms with Crippen LogP contribution in [0.25, 0.3) is 22.6 Å². The topological polar surface area (TPSA) is 98.0 Å². The number of oxazole rings is 1. The normalized spacial score (nSPS) is 10.5. The standard InChI is InChI=1S/C20H18N6O2/c1-21-19-24-18(13-6-4-3-5-7-13)25-20(26-19)23-14-8-9-15(17(10-14)27-2)16-11-28-12-22-16/h3-12H,1-2H3,(H2,21,23,24,25,26). The number of rotatable bonds is 6. The second-order valence-corrected chi connectivity index (χ2v) is 5.84. The second-order valence-electron chi connectivity index (χ2n) is 5.84. The zero-order valence-corrected chi connectivity index (χ0v) is 15.4. The number of anilines is 3. The Morgan fingerprint density at radius 1 is 0.964 bits per heavy atom. The third-order valence-electron chi connectivity index (χ3n) is 4.06. The van der Waals surface area contributed by atoms with Gasteiger partial charge in [0, 0.05) is 29.9 Å². The van der Waals surface area contributed by atoms with Crippen molar-refractivity contribution >= 4 is 17.6 Å². The van der Waals surface area contributed by atoms with E-state index in [0.717, 1.165) is 16.8 Å². The van der Waals surface area contributed by atoms with E-state index < -0.39 is 0 Å². The van der Waals surface area contributed by atoms with Gasteiger partial charge < -0.3 is 19.8 Å². The van der Waals surface area contributed by atoms with Gasteiger partial charge in [0.25, 0.3) is 0 Å². The third kappa shape index (κ3) is 3.61. The molecule has 140 valence electrons. The smallest absolute Gasteiger partial charge is 0.232 e. The molecule has 0 aliphatic rings. The van der Waals surface area contributed by atoms with Gasteiger partial charge in [-0.15, -0.1) is 0 Å². The molecule has 0 unspecified atom stereocenters. The second kappa shape index (κ2) is 7.75. The Hall–Kier alpha value is -3.94. The summed E-state index contributed by atoms with van der Waals surface area (Å²) in [7, 11) is 3.38. The van der Waals surface area contributed by atoms with E-state index in [2.05, 4.69) is 30.6 Å². The van der Waals surface area contributed by atoms with Crippen LogP contribution in [0.5, 0.6) is 5.75 Å². The van der Waals surface area contributed by atoms with Crippen molar-refractivity contribution < 1.29 is 9.15 Å². The van der Waals surface area contributed by atoms with Gasteiger partial charge in [-0.2, -0.15) is 15.0 Å². The summed E-state index contributed by atoms with van der Waals surface area (Å²) in [5.41, 5.74) is 3.21. The molecule has 0 amide bonds. The molecule has 0 aliphatic heterocycles. The Labute approximate surface area is 161 Å². The monoisotopic (exact) mass is 374 g/mol. The van der Waals surface area contributed by atoms with Crippen LogP contribution in [0.15, 0.2) is 65.6 Å². The van der Waals surface area contributed by atoms with E-state index in [1.807, 2.05) is 48.5 Å². The molecule has 2 N–H and O–H groups in total. The molecular formula is C20H18N6O2. The molecule has 8 nitrogen and oxygen atoms in total. The first kappa shape index (κ1) is 17.5. The summed E-state index contributed by atoms with van der Waals surface area (Å²) < 4.78 is 10.6. The molecule has 2 heterocycles. The summed E-state index contributed by atoms with van der Waals surface area (Å²) in [5, 5.41) is 6.18. The van der Waals surface area contributed by atoms with Crippen LogP contribution in [-0.2, 0) is 0 Å². The van der Waals surface area contributed by atoms with Gasteiger partial charge in [-0.1, -0.05) is 30.3 Å². The van der Waals surface area contributed by atoms with Crippen molar-refractivity contribution in [3.05, 3.63) is 61.2 Å². The molecule has 0 atom stereocenters. The maximum atomic E-state index is 5.50. The van der Waals surface area contributed by atoms with Gasteiger partial charge in [0.2, 0.25) is 11.9 Å². The van der Waals surface area contributed by atoms with Crippen molar-refractivity contribution in [1.82, 2.24) is 19.9 Å². The van der Waals surface area contributed by atoms with Crippen LogP contribution in [0.1, 0.15) is 0 Å². The third-order valence-corrected chi connectivity index (χ3v) is 4.06. The number of hydrogen-bond donors (Lipinski definition) is 2. The number of benzene rings is 2. The Bertz CT molecular complexity index is 1070. The molecule has 8 heteroatoms. The predicted octanol–water partition coefficient (Wildman–Crippen LogP) is 3.99. The van der Waals surface area contributed by atoms with Crippen molar-refractivity contribution in [2.75, 3.05) is 24.8 Å². The molecule has 4 aromatic rings. The largest absolute Gasteiger partial charge is 0.496 e. The van der Waals surface area contributed by atoms with Gasteiger partial charge in [-0.3, -0.25) is 0 Å². The summed E-state index contributed by atoms with van der Waals surface area (Å²) >= 11 is 0. The lowest BCUT2D eigenvalue weighted by Gasteiger charge is -2.11. The number of nitrogens with one attached hydrogen (secondary N) is 2. The van der Waals surface area contributed by atoms with Gasteiger partial charge >= 0.3 is 0 Å². The molecule has 0 radical (unpaired) electrons. The number of ether oxygens (including phenoxy) is 1. The summed E-state index contributed by atoms with van der Waals surface area (Å²) in [6.07, 6.45) is 2.96. The van der Waals surface area contributed by atoms with E-state index in [1.165, 1.54) is 6.39 Å². The van der Waals surface area contributed by atoms with Gasteiger partial charge in [-0.05, 0) is 12.1 Å². The average molecular weight is 374 g/mol. The van der Waals surface area contributed by atoms with Crippen molar-refractivity contribution in [1.29, 1.82) is 0 Å². The molecule has 0 aliphatic carbocycles. The predicted molar refractivity (Wildman–Crippen MR) is 107 cm³/mol. The first-order chi connectivity index (χ1) is 13.8. The van der Waals surface area contributed by atoms with Gasteiger partial charge in [0.15, 0.2) is 12.2 Å². The van der Waals surface area contributed by atoms with Crippen LogP contribution in [0.4, 0.5) is 17.6 Å². The summed E-state index contributed by atoms with van der Waals surface area (Å²) in [6.45, 7) is 0. The van der Waals surface area contributed by atoms with Crippen LogP contribution in [-0.4, -0.2) is 34.1 Å². The molecular weight excluding hydrogens is 356 g/mol. The first-order valence-electron chi connectivity index (χ1n) is 8.59. The molecule has 0 saturated carbocycles. The van der Waals surface area contributed by atoms with Crippen LogP contribution in [0.2, 0.25) is 0 Å². The number of nitrogens with zero attached hydrogens (tertiary/aromatic N) is 4. The van der Waals surface area contributed by atoms with Gasteiger partial charge in [0.1, 0.15) is 17.7 Å². The highest BCUT2D eigenvalue weighted by molar-refractivity contribution is 5.72. The highest BCUT2D eigenvalue weighted by atomic mass is 16.5. The van der Waals surface area contributed by atoms with Crippen molar-refractivity contribution in [3.8, 4) is 28.4 Å². The average Bonchev–Trinajstić information content (AvgIpc) is 3.28. The Balaban J connectivity index is 1.67. The number of hydrogen-bond acceptors (Lipinski definition) is 8. The maximum absolute atomic E-state index is 5.50. The van der Waals surface area contributed by atoms with E-state index in [9.17, 15) is 0 Å². The molecule has 2 aromatic heterocycles. The highest BCUT2D eigenvalue weighted by Crippen LogP contribution is 2.32. The number of aromatic nitrogens is 4. The zero-order chi connectivity index (χ0) is 19.3. The Morgan fingerprint density at radius 3 is 2.50 bits per heavy atom. The SMILES string of the molecule is CNc1nc(Nc2ccc(-c3cocn3)c(OC)c2)nc(-c2ccccc2)n1. The minimum absolute atomic E-state index is 0.425.